The Morgan fingerprint density at radius 2 is 1.39 bits per heavy atom. The van der Waals surface area contributed by atoms with Gasteiger partial charge in [-0.15, -0.1) is 11.8 Å². The molecule has 5 rings (SSSR count). The van der Waals surface area contributed by atoms with Crippen molar-refractivity contribution >= 4 is 47.6 Å². The van der Waals surface area contributed by atoms with E-state index in [9.17, 15) is 42.7 Å². The lowest BCUT2D eigenvalue weighted by Crippen LogP contribution is -2.63. The number of aliphatic hydroxyl groups is 1. The summed E-state index contributed by atoms with van der Waals surface area (Å²) in [7, 11) is 3.03. The number of hydrogen-bond donors (Lipinski definition) is 1. The van der Waals surface area contributed by atoms with Gasteiger partial charge in [0.1, 0.15) is 23.4 Å². The Kier molecular flexibility index (Phi) is 11.3. The standard InChI is InChI=1S/C34H35F2N3O11S/c1-17-26-25(18(2)40)30(42)39(26)27(33(45)49-15-47-31(43)19-5-9-21(35)10-6-19)28(17)51-23-13-24(29(41)37(3)4)38(14-23)34(46)50-16-48-32(44)20-7-11-22(36)12-8-20/h5-12,17-18,23-26,40H,13-16H2,1-4H3/t17-,18?,23+,24?,25-,26-/m1/s1. The van der Waals surface area contributed by atoms with Crippen LogP contribution < -0.4 is 0 Å². The molecular weight excluding hydrogens is 696 g/mol. The average Bonchev–Trinajstić information content (AvgIpc) is 3.61. The van der Waals surface area contributed by atoms with Crippen molar-refractivity contribution in [2.24, 2.45) is 11.8 Å². The van der Waals surface area contributed by atoms with Crippen LogP contribution in [0.3, 0.4) is 0 Å². The van der Waals surface area contributed by atoms with Gasteiger partial charge in [-0.3, -0.25) is 14.5 Å². The van der Waals surface area contributed by atoms with Gasteiger partial charge in [-0.25, -0.2) is 28.0 Å². The third-order valence-electron chi connectivity index (χ3n) is 8.73. The highest BCUT2D eigenvalue weighted by Crippen LogP contribution is 2.52. The lowest BCUT2D eigenvalue weighted by molar-refractivity contribution is -0.166. The second kappa shape index (κ2) is 15.5. The van der Waals surface area contributed by atoms with Crippen molar-refractivity contribution in [1.29, 1.82) is 0 Å². The van der Waals surface area contributed by atoms with Crippen LogP contribution in [0.15, 0.2) is 59.1 Å². The largest absolute Gasteiger partial charge is 0.424 e. The number of hydrogen-bond acceptors (Lipinski definition) is 12. The van der Waals surface area contributed by atoms with E-state index < -0.39 is 96.3 Å². The molecule has 51 heavy (non-hydrogen) atoms. The molecule has 17 heteroatoms. The van der Waals surface area contributed by atoms with Gasteiger partial charge in [0.05, 0.1) is 29.2 Å². The van der Waals surface area contributed by atoms with Gasteiger partial charge in [0, 0.05) is 36.7 Å². The van der Waals surface area contributed by atoms with Crippen LogP contribution in [0.5, 0.6) is 0 Å². The Bertz CT molecular complexity index is 1740. The Morgan fingerprint density at radius 1 is 0.882 bits per heavy atom. The number of aliphatic hydroxyl groups excluding tert-OH is 1. The maximum absolute atomic E-state index is 13.5. The predicted octanol–water partition coefficient (Wildman–Crippen LogP) is 2.91. The Labute approximate surface area is 295 Å². The molecular formula is C34H35F2N3O11S. The van der Waals surface area contributed by atoms with E-state index in [1.807, 2.05) is 0 Å². The van der Waals surface area contributed by atoms with Crippen LogP contribution in [0.4, 0.5) is 13.6 Å². The molecule has 3 heterocycles. The van der Waals surface area contributed by atoms with Gasteiger partial charge >= 0.3 is 24.0 Å². The highest BCUT2D eigenvalue weighted by molar-refractivity contribution is 8.03. The van der Waals surface area contributed by atoms with Gasteiger partial charge in [0.25, 0.3) is 0 Å². The van der Waals surface area contributed by atoms with E-state index in [1.54, 1.807) is 6.92 Å². The molecule has 3 aliphatic heterocycles. The van der Waals surface area contributed by atoms with Crippen LogP contribution in [0.1, 0.15) is 41.0 Å². The monoisotopic (exact) mass is 731 g/mol. The van der Waals surface area contributed by atoms with E-state index in [-0.39, 0.29) is 29.8 Å². The Morgan fingerprint density at radius 3 is 1.90 bits per heavy atom. The quantitative estimate of drug-likeness (QED) is 0.204. The summed E-state index contributed by atoms with van der Waals surface area (Å²) >= 11 is 1.17. The fourth-order valence-corrected chi connectivity index (χ4v) is 7.75. The normalized spacial score (nSPS) is 22.9. The Hall–Kier alpha value is -5.03. The highest BCUT2D eigenvalue weighted by atomic mass is 32.2. The van der Waals surface area contributed by atoms with Gasteiger partial charge in [0.15, 0.2) is 0 Å². The summed E-state index contributed by atoms with van der Waals surface area (Å²) in [5, 5.41) is 9.84. The number of likely N-dealkylation sites (tertiary alicyclic amines) is 1. The molecule has 272 valence electrons. The van der Waals surface area contributed by atoms with E-state index in [2.05, 4.69) is 0 Å². The molecule has 2 aromatic rings. The number of carbonyl (C=O) groups is 6. The molecule has 0 aliphatic carbocycles. The number of amides is 3. The molecule has 2 aromatic carbocycles. The second-order valence-corrected chi connectivity index (χ2v) is 13.6. The number of benzene rings is 2. The first-order valence-electron chi connectivity index (χ1n) is 15.8. The van der Waals surface area contributed by atoms with E-state index >= 15 is 0 Å². The van der Waals surface area contributed by atoms with Crippen molar-refractivity contribution < 1.29 is 61.6 Å². The summed E-state index contributed by atoms with van der Waals surface area (Å²) in [4.78, 5) is 81.7. The van der Waals surface area contributed by atoms with Gasteiger partial charge in [0.2, 0.25) is 25.4 Å². The first-order valence-corrected chi connectivity index (χ1v) is 16.7. The number of halogens is 2. The van der Waals surface area contributed by atoms with Gasteiger partial charge in [-0.1, -0.05) is 6.92 Å². The molecule has 0 spiro atoms. The van der Waals surface area contributed by atoms with Crippen molar-refractivity contribution in [3.05, 3.63) is 81.9 Å². The van der Waals surface area contributed by atoms with E-state index in [4.69, 9.17) is 18.9 Å². The molecule has 14 nitrogen and oxygen atoms in total. The number of rotatable bonds is 11. The van der Waals surface area contributed by atoms with Gasteiger partial charge in [-0.2, -0.15) is 0 Å². The smallest absolute Gasteiger partial charge is 0.413 e. The van der Waals surface area contributed by atoms with Crippen LogP contribution in [0, 0.1) is 23.5 Å². The van der Waals surface area contributed by atoms with Crippen molar-refractivity contribution in [2.45, 2.75) is 43.7 Å². The Balaban J connectivity index is 1.30. The van der Waals surface area contributed by atoms with Gasteiger partial charge < -0.3 is 33.9 Å². The zero-order valence-electron chi connectivity index (χ0n) is 27.9. The number of likely N-dealkylation sites (N-methyl/N-ethyl adjacent to an activating group) is 1. The second-order valence-electron chi connectivity index (χ2n) is 12.3. The van der Waals surface area contributed by atoms with Gasteiger partial charge in [-0.05, 0) is 61.9 Å². The lowest BCUT2D eigenvalue weighted by atomic mass is 9.79. The van der Waals surface area contributed by atoms with Crippen molar-refractivity contribution in [3.63, 3.8) is 0 Å². The summed E-state index contributed by atoms with van der Waals surface area (Å²) in [6.07, 6.45) is -1.84. The zero-order chi connectivity index (χ0) is 37.1. The minimum Gasteiger partial charge on any atom is -0.424 e. The lowest BCUT2D eigenvalue weighted by Gasteiger charge is -2.46. The fourth-order valence-electron chi connectivity index (χ4n) is 6.23. The van der Waals surface area contributed by atoms with Crippen LogP contribution in [0.2, 0.25) is 0 Å². The average molecular weight is 732 g/mol. The molecule has 6 atom stereocenters. The van der Waals surface area contributed by atoms with Crippen molar-refractivity contribution in [2.75, 3.05) is 34.2 Å². The van der Waals surface area contributed by atoms with Crippen molar-refractivity contribution in [1.82, 2.24) is 14.7 Å². The first-order chi connectivity index (χ1) is 24.2. The highest BCUT2D eigenvalue weighted by Gasteiger charge is 2.60. The molecule has 2 saturated heterocycles. The molecule has 2 fully saturated rings. The minimum absolute atomic E-state index is 0.0207. The minimum atomic E-state index is -1.02. The summed E-state index contributed by atoms with van der Waals surface area (Å²) in [5.41, 5.74) is -0.0557. The fraction of sp³-hybridized carbons (Fsp3) is 0.412. The number of esters is 3. The third kappa shape index (κ3) is 7.83. The maximum atomic E-state index is 13.5. The number of carbonyl (C=O) groups excluding carboxylic acids is 6. The molecule has 2 unspecified atom stereocenters. The van der Waals surface area contributed by atoms with E-state index in [0.717, 1.165) is 24.3 Å². The summed E-state index contributed by atoms with van der Waals surface area (Å²) in [6.45, 7) is 1.61. The number of thioether (sulfide) groups is 1. The molecule has 0 bridgehead atoms. The first kappa shape index (κ1) is 37.2. The van der Waals surface area contributed by atoms with Crippen LogP contribution in [-0.2, 0) is 33.3 Å². The number of β-lactam (4-membered cyclic amide) rings is 1. The van der Waals surface area contributed by atoms with Crippen LogP contribution >= 0.6 is 11.8 Å². The maximum Gasteiger partial charge on any atom is 0.413 e. The molecule has 3 aliphatic rings. The molecule has 0 saturated carbocycles. The number of ether oxygens (including phenoxy) is 4. The number of fused-ring (bicyclic) bond motifs is 1. The third-order valence-corrected chi connectivity index (χ3v) is 10.2. The van der Waals surface area contributed by atoms with Crippen molar-refractivity contribution in [3.8, 4) is 0 Å². The predicted molar refractivity (Wildman–Crippen MR) is 173 cm³/mol. The van der Waals surface area contributed by atoms with Crippen LogP contribution in [-0.4, -0.2) is 113 Å². The molecule has 1 N–H and O–H groups in total. The van der Waals surface area contributed by atoms with E-state index in [0.29, 0.717) is 4.91 Å². The zero-order valence-corrected chi connectivity index (χ0v) is 28.8. The van der Waals surface area contributed by atoms with E-state index in [1.165, 1.54) is 71.7 Å². The summed E-state index contributed by atoms with van der Waals surface area (Å²) in [6, 6.07) is 7.51. The molecule has 0 aromatic heterocycles. The summed E-state index contributed by atoms with van der Waals surface area (Å²) < 4.78 is 46.8. The van der Waals surface area contributed by atoms with Crippen LogP contribution in [0.25, 0.3) is 0 Å². The molecule has 3 amide bonds. The summed E-state index contributed by atoms with van der Waals surface area (Å²) in [5.74, 6) is -6.00. The SMILES string of the molecule is CC(O)[C@H]1C(=O)N2C(C(=O)OCOC(=O)c3ccc(F)cc3)=C(S[C@H]3CC(C(=O)N(C)C)N(C(=O)OCOC(=O)c4ccc(F)cc4)C3)[C@H](C)[C@H]12. The topological polar surface area (TPSA) is 169 Å². The molecule has 0 radical (unpaired) electrons. The number of nitrogens with zero attached hydrogens (tertiary/aromatic N) is 3.